The third-order valence-corrected chi connectivity index (χ3v) is 8.61. The molecule has 4 atom stereocenters. The number of carboxylic acid groups (broad SMARTS) is 1. The molecule has 1 aliphatic carbocycles. The highest BCUT2D eigenvalue weighted by atomic mass is 31.1. The number of allylic oxidation sites excluding steroid dienone is 3. The summed E-state index contributed by atoms with van der Waals surface area (Å²) in [7, 11) is -4.50. The van der Waals surface area contributed by atoms with E-state index < -0.39 is 22.0 Å². The van der Waals surface area contributed by atoms with Crippen molar-refractivity contribution in [2.24, 2.45) is 11.8 Å². The molecule has 1 aliphatic rings. The van der Waals surface area contributed by atoms with Gasteiger partial charge in [-0.2, -0.15) is 9.05 Å². The Balaban J connectivity index is 3.12. The lowest BCUT2D eigenvalue weighted by molar-refractivity contribution is -0.174. The van der Waals surface area contributed by atoms with Gasteiger partial charge in [0.15, 0.2) is 0 Å². The molecule has 2 N–H and O–H groups in total. The third kappa shape index (κ3) is 11.7. The minimum Gasteiger partial charge on any atom is -0.602 e. The molecule has 0 aromatic heterocycles. The normalized spacial score (nSPS) is 18.5. The Kier molecular flexibility index (Phi) is 16.8. The number of hydrogen-bond donors (Lipinski definition) is 2. The molecule has 0 saturated heterocycles. The van der Waals surface area contributed by atoms with Crippen molar-refractivity contribution in [2.75, 3.05) is 26.3 Å². The monoisotopic (exact) mass is 515 g/mol. The van der Waals surface area contributed by atoms with E-state index in [9.17, 15) is 14.6 Å². The van der Waals surface area contributed by atoms with Gasteiger partial charge in [0, 0.05) is 12.1 Å². The molecule has 0 aromatic rings. The van der Waals surface area contributed by atoms with Gasteiger partial charge in [-0.1, -0.05) is 78.4 Å². The zero-order valence-corrected chi connectivity index (χ0v) is 23.0. The summed E-state index contributed by atoms with van der Waals surface area (Å²) >= 11 is 0. The Morgan fingerprint density at radius 3 is 2.06 bits per heavy atom. The molecule has 194 valence electrons. The van der Waals surface area contributed by atoms with E-state index in [0.29, 0.717) is 41.2 Å². The molecule has 0 fully saturated rings. The van der Waals surface area contributed by atoms with E-state index in [1.54, 1.807) is 18.2 Å². The molecule has 7 nitrogen and oxygen atoms in total. The predicted octanol–water partition coefficient (Wildman–Crippen LogP) is 4.31. The maximum absolute atomic E-state index is 13.3. The van der Waals surface area contributed by atoms with Crippen molar-refractivity contribution in [1.29, 1.82) is 0 Å². The van der Waals surface area contributed by atoms with Gasteiger partial charge in [-0.3, -0.25) is 4.79 Å². The first-order valence-corrected chi connectivity index (χ1v) is 15.0. The Bertz CT molecular complexity index is 748. The minimum absolute atomic E-state index is 0.185. The quantitative estimate of drug-likeness (QED) is 0.262. The van der Waals surface area contributed by atoms with Crippen molar-refractivity contribution in [2.45, 2.75) is 79.1 Å². The van der Waals surface area contributed by atoms with E-state index >= 15 is 0 Å². The first kappa shape index (κ1) is 31.1. The lowest BCUT2D eigenvalue weighted by Gasteiger charge is -2.16. The molecule has 0 bridgehead atoms. The average Bonchev–Trinajstić information content (AvgIpc) is 2.83. The summed E-state index contributed by atoms with van der Waals surface area (Å²) < 4.78 is 11.6. The molecule has 1 rings (SSSR count). The summed E-state index contributed by atoms with van der Waals surface area (Å²) in [6, 6.07) is 0. The zero-order valence-electron chi connectivity index (χ0n) is 21.3. The van der Waals surface area contributed by atoms with Crippen molar-refractivity contribution in [3.8, 4) is 0 Å². The molecular weight excluding hydrogens is 472 g/mol. The fourth-order valence-electron chi connectivity index (χ4n) is 3.66. The summed E-state index contributed by atoms with van der Waals surface area (Å²) in [5, 5.41) is 12.5. The van der Waals surface area contributed by atoms with Crippen LogP contribution in [0, 0.1) is 11.8 Å². The molecule has 0 radical (unpaired) electrons. The predicted molar refractivity (Wildman–Crippen MR) is 140 cm³/mol. The average molecular weight is 516 g/mol. The second kappa shape index (κ2) is 18.4. The van der Waals surface area contributed by atoms with Crippen LogP contribution in [0.4, 0.5) is 0 Å². The smallest absolute Gasteiger partial charge is 0.317 e. The fourth-order valence-corrected chi connectivity index (χ4v) is 6.28. The van der Waals surface area contributed by atoms with Gasteiger partial charge >= 0.3 is 5.97 Å². The van der Waals surface area contributed by atoms with Crippen LogP contribution in [0.3, 0.4) is 0 Å². The van der Waals surface area contributed by atoms with Crippen LogP contribution in [0.15, 0.2) is 23.8 Å². The molecule has 0 aromatic carbocycles. The summed E-state index contributed by atoms with van der Waals surface area (Å²) in [5.74, 6) is -0.336. The largest absolute Gasteiger partial charge is 0.602 e. The van der Waals surface area contributed by atoms with E-state index in [1.165, 1.54) is 0 Å². The molecule has 0 spiro atoms. The van der Waals surface area contributed by atoms with Gasteiger partial charge in [0.25, 0.3) is 0 Å². The number of hydrogen-bond acceptors (Lipinski definition) is 6. The van der Waals surface area contributed by atoms with Crippen molar-refractivity contribution in [1.82, 2.24) is 5.32 Å². The second-order valence-electron chi connectivity index (χ2n) is 8.72. The van der Waals surface area contributed by atoms with Gasteiger partial charge in [0.2, 0.25) is 26.6 Å². The molecule has 0 saturated carbocycles. The first-order valence-electron chi connectivity index (χ1n) is 12.6. The van der Waals surface area contributed by atoms with Gasteiger partial charge in [0.05, 0.1) is 6.54 Å². The lowest BCUT2D eigenvalue weighted by atomic mass is 10.0. The summed E-state index contributed by atoms with van der Waals surface area (Å²) in [5.41, 5.74) is 0.617. The number of aliphatic carboxylic acids is 1. The van der Waals surface area contributed by atoms with Crippen LogP contribution in [0.2, 0.25) is 0 Å². The topological polar surface area (TPSA) is 114 Å². The van der Waals surface area contributed by atoms with Crippen LogP contribution in [-0.2, 0) is 13.8 Å². The molecule has 0 heterocycles. The molecule has 34 heavy (non-hydrogen) atoms. The zero-order chi connectivity index (χ0) is 25.3. The number of carbonyl (C=O) groups is 1. The molecular formula is C25H43NO6P2. The number of unbranched alkanes of at least 4 members (excludes halogenated alkanes) is 2. The van der Waals surface area contributed by atoms with Gasteiger partial charge in [-0.15, -0.1) is 0 Å². The fraction of sp³-hybridized carbons (Fsp3) is 0.720. The summed E-state index contributed by atoms with van der Waals surface area (Å²) in [6.45, 7) is 9.20. The number of nitrogens with one attached hydrogen (secondary N) is 1. The van der Waals surface area contributed by atoms with Crippen LogP contribution >= 0.6 is 16.0 Å². The van der Waals surface area contributed by atoms with Crippen LogP contribution in [-0.4, -0.2) is 48.0 Å². The van der Waals surface area contributed by atoms with Gasteiger partial charge in [-0.05, 0) is 30.8 Å². The Morgan fingerprint density at radius 1 is 1.00 bits per heavy atom. The Labute approximate surface area is 207 Å². The van der Waals surface area contributed by atoms with Crippen LogP contribution in [0.1, 0.15) is 79.1 Å². The van der Waals surface area contributed by atoms with E-state index in [0.717, 1.165) is 51.4 Å². The van der Waals surface area contributed by atoms with Crippen molar-refractivity contribution < 1.29 is 28.7 Å². The highest BCUT2D eigenvalue weighted by Gasteiger charge is 2.31. The minimum atomic E-state index is -2.28. The second-order valence-corrected chi connectivity index (χ2v) is 11.2. The number of rotatable bonds is 18. The van der Waals surface area contributed by atoms with Gasteiger partial charge in [-0.25, -0.2) is 0 Å². The maximum atomic E-state index is 13.3. The highest BCUT2D eigenvalue weighted by molar-refractivity contribution is 7.59. The summed E-state index contributed by atoms with van der Waals surface area (Å²) in [4.78, 5) is 37.4. The maximum Gasteiger partial charge on any atom is 0.317 e. The van der Waals surface area contributed by atoms with Gasteiger partial charge < -0.3 is 20.2 Å². The highest BCUT2D eigenvalue weighted by Crippen LogP contribution is 2.32. The molecule has 4 unspecified atom stereocenters. The van der Waals surface area contributed by atoms with Crippen molar-refractivity contribution >= 4 is 32.6 Å². The standard InChI is InChI=1S/C25H43NO6P2/c1-5-9-12-20(7-3)18-31-33(29)23-15-11-14-22(16-26-17-24(27)28)25(23)34(30)32-19-21(8-4)13-10-6-2/h11,14-15,20-21,26H,5-10,12-13,16-19H2,1-4H3,(H,27,28). The lowest BCUT2D eigenvalue weighted by Crippen LogP contribution is -2.31. The van der Waals surface area contributed by atoms with E-state index in [-0.39, 0.29) is 13.1 Å². The first-order chi connectivity index (χ1) is 16.4. The van der Waals surface area contributed by atoms with Crippen molar-refractivity contribution in [3.63, 3.8) is 0 Å². The number of carboxylic acids is 1. The van der Waals surface area contributed by atoms with Crippen LogP contribution in [0.5, 0.6) is 0 Å². The molecule has 0 aliphatic heterocycles. The van der Waals surface area contributed by atoms with E-state index in [2.05, 4.69) is 33.0 Å². The van der Waals surface area contributed by atoms with E-state index in [4.69, 9.17) is 14.2 Å². The van der Waals surface area contributed by atoms with E-state index in [1.807, 2.05) is 0 Å². The Hall–Kier alpha value is -0.910. The molecule has 0 amide bonds. The third-order valence-electron chi connectivity index (χ3n) is 6.01. The SMILES string of the molecule is CCCCC(CC)CO[P+]([O-])=C1C=CC=C(CNCC(=O)O)C1=[P+]([O-])OCC(CC)CCCC. The van der Waals surface area contributed by atoms with Crippen molar-refractivity contribution in [3.05, 3.63) is 23.8 Å². The van der Waals surface area contributed by atoms with Crippen LogP contribution in [0.25, 0.3) is 0 Å². The molecule has 9 heteroatoms. The summed E-state index contributed by atoms with van der Waals surface area (Å²) in [6.07, 6.45) is 13.5. The van der Waals surface area contributed by atoms with Gasteiger partial charge in [0.1, 0.15) is 13.2 Å². The van der Waals surface area contributed by atoms with Crippen LogP contribution < -0.4 is 15.1 Å². The Morgan fingerprint density at radius 2 is 1.56 bits per heavy atom.